The van der Waals surface area contributed by atoms with Crippen molar-refractivity contribution in [2.45, 2.75) is 6.18 Å². The number of nitrogens with one attached hydrogen (secondary N) is 1. The number of fused-ring (bicyclic) bond motifs is 1. The standard InChI is InChI=1S/C11H6BrF3N2O2/c12-8-9(16-17-10(8)11(13,14)15)5-1-2-6-7(3-5)19-4-18-6/h1-3H,4H2,(H,16,17). The molecule has 1 N–H and O–H groups in total. The minimum Gasteiger partial charge on any atom is -0.454 e. The quantitative estimate of drug-likeness (QED) is 0.866. The Bertz CT molecular complexity index is 639. The number of hydrogen-bond donors (Lipinski definition) is 1. The number of hydrogen-bond acceptors (Lipinski definition) is 3. The number of benzene rings is 1. The van der Waals surface area contributed by atoms with Crippen molar-refractivity contribution in [3.05, 3.63) is 28.4 Å². The molecule has 0 bridgehead atoms. The van der Waals surface area contributed by atoms with Gasteiger partial charge in [0.15, 0.2) is 17.2 Å². The molecule has 0 saturated heterocycles. The van der Waals surface area contributed by atoms with Gasteiger partial charge in [-0.3, -0.25) is 5.10 Å². The molecule has 0 amide bonds. The van der Waals surface area contributed by atoms with Gasteiger partial charge in [-0.1, -0.05) is 0 Å². The summed E-state index contributed by atoms with van der Waals surface area (Å²) in [6.07, 6.45) is -4.49. The summed E-state index contributed by atoms with van der Waals surface area (Å²) in [7, 11) is 0. The molecule has 4 nitrogen and oxygen atoms in total. The van der Waals surface area contributed by atoms with Gasteiger partial charge in [-0.2, -0.15) is 18.3 Å². The van der Waals surface area contributed by atoms with Crippen molar-refractivity contribution in [2.24, 2.45) is 0 Å². The number of alkyl halides is 3. The van der Waals surface area contributed by atoms with E-state index < -0.39 is 11.9 Å². The number of nitrogens with zero attached hydrogens (tertiary/aromatic N) is 1. The summed E-state index contributed by atoms with van der Waals surface area (Å²) in [5.41, 5.74) is -0.242. The predicted molar refractivity (Wildman–Crippen MR) is 62.8 cm³/mol. The Kier molecular flexibility index (Phi) is 2.70. The molecule has 8 heteroatoms. The molecule has 1 aromatic carbocycles. The van der Waals surface area contributed by atoms with Gasteiger partial charge in [-0.05, 0) is 34.1 Å². The lowest BCUT2D eigenvalue weighted by Crippen LogP contribution is -2.06. The van der Waals surface area contributed by atoms with Crippen LogP contribution in [-0.4, -0.2) is 17.0 Å². The molecule has 1 aromatic heterocycles. The molecule has 0 fully saturated rings. The summed E-state index contributed by atoms with van der Waals surface area (Å²) >= 11 is 2.92. The van der Waals surface area contributed by atoms with Crippen molar-refractivity contribution in [3.8, 4) is 22.8 Å². The van der Waals surface area contributed by atoms with Crippen molar-refractivity contribution in [1.82, 2.24) is 10.2 Å². The van der Waals surface area contributed by atoms with Gasteiger partial charge < -0.3 is 9.47 Å². The highest BCUT2D eigenvalue weighted by Gasteiger charge is 2.37. The Morgan fingerprint density at radius 2 is 1.95 bits per heavy atom. The first-order chi connectivity index (χ1) is 8.97. The van der Waals surface area contributed by atoms with Crippen LogP contribution in [0.2, 0.25) is 0 Å². The van der Waals surface area contributed by atoms with Crippen LogP contribution in [0.1, 0.15) is 5.69 Å². The Balaban J connectivity index is 2.06. The monoisotopic (exact) mass is 334 g/mol. The molecule has 19 heavy (non-hydrogen) atoms. The van der Waals surface area contributed by atoms with E-state index in [1.165, 1.54) is 0 Å². The zero-order chi connectivity index (χ0) is 13.6. The van der Waals surface area contributed by atoms with Gasteiger partial charge in [0.25, 0.3) is 0 Å². The lowest BCUT2D eigenvalue weighted by atomic mass is 10.1. The first-order valence-electron chi connectivity index (χ1n) is 5.18. The summed E-state index contributed by atoms with van der Waals surface area (Å²) in [5.74, 6) is 1.05. The maximum atomic E-state index is 12.7. The summed E-state index contributed by atoms with van der Waals surface area (Å²) in [6.45, 7) is 0.105. The Morgan fingerprint density at radius 3 is 2.63 bits per heavy atom. The van der Waals surface area contributed by atoms with E-state index in [2.05, 4.69) is 21.0 Å². The first kappa shape index (κ1) is 12.3. The molecule has 2 aromatic rings. The van der Waals surface area contributed by atoms with Crippen molar-refractivity contribution in [2.75, 3.05) is 6.79 Å². The van der Waals surface area contributed by atoms with Crippen LogP contribution >= 0.6 is 15.9 Å². The Morgan fingerprint density at radius 1 is 1.21 bits per heavy atom. The highest BCUT2D eigenvalue weighted by molar-refractivity contribution is 9.10. The van der Waals surface area contributed by atoms with E-state index in [9.17, 15) is 13.2 Å². The van der Waals surface area contributed by atoms with Crippen LogP contribution in [0.15, 0.2) is 22.7 Å². The van der Waals surface area contributed by atoms with Crippen LogP contribution in [-0.2, 0) is 6.18 Å². The Hall–Kier alpha value is -1.70. The average molecular weight is 335 g/mol. The third-order valence-corrected chi connectivity index (χ3v) is 3.41. The van der Waals surface area contributed by atoms with Crippen molar-refractivity contribution in [1.29, 1.82) is 0 Å². The minimum atomic E-state index is -4.49. The van der Waals surface area contributed by atoms with Gasteiger partial charge in [0, 0.05) is 5.56 Å². The Labute approximate surface area is 113 Å². The van der Waals surface area contributed by atoms with E-state index in [1.54, 1.807) is 18.2 Å². The van der Waals surface area contributed by atoms with Crippen LogP contribution < -0.4 is 9.47 Å². The number of H-pyrrole nitrogens is 1. The zero-order valence-electron chi connectivity index (χ0n) is 9.21. The molecule has 0 saturated carbocycles. The van der Waals surface area contributed by atoms with E-state index in [1.807, 2.05) is 5.10 Å². The number of ether oxygens (including phenoxy) is 2. The van der Waals surface area contributed by atoms with Crippen molar-refractivity contribution < 1.29 is 22.6 Å². The molecule has 0 radical (unpaired) electrons. The average Bonchev–Trinajstić information content (AvgIpc) is 2.92. The van der Waals surface area contributed by atoms with E-state index in [0.29, 0.717) is 17.1 Å². The maximum absolute atomic E-state index is 12.7. The first-order valence-corrected chi connectivity index (χ1v) is 5.97. The largest absolute Gasteiger partial charge is 0.454 e. The summed E-state index contributed by atoms with van der Waals surface area (Å²) in [5, 5.41) is 5.68. The fourth-order valence-corrected chi connectivity index (χ4v) is 2.38. The molecule has 1 aliphatic heterocycles. The lowest BCUT2D eigenvalue weighted by molar-refractivity contribution is -0.141. The van der Waals surface area contributed by atoms with E-state index >= 15 is 0 Å². The fraction of sp³-hybridized carbons (Fsp3) is 0.182. The second-order valence-corrected chi connectivity index (χ2v) is 4.62. The summed E-state index contributed by atoms with van der Waals surface area (Å²) in [6, 6.07) is 4.84. The zero-order valence-corrected chi connectivity index (χ0v) is 10.8. The van der Waals surface area contributed by atoms with E-state index in [4.69, 9.17) is 9.47 Å². The normalized spacial score (nSPS) is 13.9. The minimum absolute atomic E-state index is 0.105. The SMILES string of the molecule is FC(F)(F)c1[nH]nc(-c2ccc3c(c2)OCO3)c1Br. The molecule has 1 aliphatic rings. The van der Waals surface area contributed by atoms with Crippen LogP contribution in [0, 0.1) is 0 Å². The van der Waals surface area contributed by atoms with Gasteiger partial charge in [0.2, 0.25) is 6.79 Å². The van der Waals surface area contributed by atoms with Crippen LogP contribution in [0.25, 0.3) is 11.3 Å². The van der Waals surface area contributed by atoms with Crippen molar-refractivity contribution in [3.63, 3.8) is 0 Å². The van der Waals surface area contributed by atoms with Gasteiger partial charge in [0.05, 0.1) is 4.47 Å². The lowest BCUT2D eigenvalue weighted by Gasteiger charge is -2.04. The molecular formula is C11H6BrF3N2O2. The number of rotatable bonds is 1. The molecule has 100 valence electrons. The van der Waals surface area contributed by atoms with E-state index in [-0.39, 0.29) is 17.0 Å². The van der Waals surface area contributed by atoms with Gasteiger partial charge in [-0.25, -0.2) is 0 Å². The van der Waals surface area contributed by atoms with E-state index in [0.717, 1.165) is 0 Å². The van der Waals surface area contributed by atoms with Crippen LogP contribution in [0.5, 0.6) is 11.5 Å². The fourth-order valence-electron chi connectivity index (χ4n) is 1.75. The highest BCUT2D eigenvalue weighted by atomic mass is 79.9. The smallest absolute Gasteiger partial charge is 0.433 e. The molecule has 0 spiro atoms. The van der Waals surface area contributed by atoms with Gasteiger partial charge in [-0.15, -0.1) is 0 Å². The predicted octanol–water partition coefficient (Wildman–Crippen LogP) is 3.59. The summed E-state index contributed by atoms with van der Waals surface area (Å²) in [4.78, 5) is 0. The van der Waals surface area contributed by atoms with Gasteiger partial charge >= 0.3 is 6.18 Å². The third-order valence-electron chi connectivity index (χ3n) is 2.64. The number of aromatic amines is 1. The molecule has 0 aliphatic carbocycles. The topological polar surface area (TPSA) is 47.1 Å². The molecular weight excluding hydrogens is 329 g/mol. The molecule has 0 atom stereocenters. The molecule has 3 rings (SSSR count). The molecule has 0 unspecified atom stereocenters. The maximum Gasteiger partial charge on any atom is 0.433 e. The second-order valence-electron chi connectivity index (χ2n) is 3.83. The van der Waals surface area contributed by atoms with Crippen LogP contribution in [0.3, 0.4) is 0 Å². The molecule has 2 heterocycles. The number of aromatic nitrogens is 2. The van der Waals surface area contributed by atoms with Gasteiger partial charge in [0.1, 0.15) is 5.69 Å². The third kappa shape index (κ3) is 2.05. The van der Waals surface area contributed by atoms with Crippen molar-refractivity contribution >= 4 is 15.9 Å². The second kappa shape index (κ2) is 4.16. The number of halogens is 4. The highest BCUT2D eigenvalue weighted by Crippen LogP contribution is 2.41. The summed E-state index contributed by atoms with van der Waals surface area (Å²) < 4.78 is 48.1. The van der Waals surface area contributed by atoms with Crippen LogP contribution in [0.4, 0.5) is 13.2 Å².